The zero-order valence-electron chi connectivity index (χ0n) is 21.8. The third kappa shape index (κ3) is 6.15. The molecule has 0 radical (unpaired) electrons. The van der Waals surface area contributed by atoms with Crippen molar-refractivity contribution >= 4 is 23.2 Å². The first-order chi connectivity index (χ1) is 16.4. The number of amides is 1. The molecule has 4 atom stereocenters. The lowest BCUT2D eigenvalue weighted by atomic mass is 9.58. The molecule has 1 aliphatic carbocycles. The first-order valence-corrected chi connectivity index (χ1v) is 12.7. The molecule has 3 rings (SSSR count). The number of carbonyl (C=O) groups excluding carboxylic acids is 1. The van der Waals surface area contributed by atoms with Gasteiger partial charge in [0.1, 0.15) is 17.3 Å². The predicted molar refractivity (Wildman–Crippen MR) is 139 cm³/mol. The van der Waals surface area contributed by atoms with Crippen LogP contribution < -0.4 is 20.9 Å². The molecule has 0 bridgehead atoms. The zero-order valence-corrected chi connectivity index (χ0v) is 22.5. The molecule has 0 unspecified atom stereocenters. The third-order valence-electron chi connectivity index (χ3n) is 7.80. The minimum Gasteiger partial charge on any atom is -0.489 e. The Hall–Kier alpha value is -2.61. The molecule has 0 saturated heterocycles. The van der Waals surface area contributed by atoms with Crippen molar-refractivity contribution in [3.63, 3.8) is 0 Å². The van der Waals surface area contributed by atoms with Crippen molar-refractivity contribution in [1.82, 2.24) is 20.1 Å². The largest absolute Gasteiger partial charge is 0.489 e. The Labute approximate surface area is 212 Å². The molecular formula is C26H38ClN5O3. The van der Waals surface area contributed by atoms with E-state index in [1.807, 2.05) is 13.8 Å². The molecule has 0 spiro atoms. The van der Waals surface area contributed by atoms with E-state index in [-0.39, 0.29) is 41.6 Å². The minimum absolute atomic E-state index is 0.0137. The van der Waals surface area contributed by atoms with E-state index in [0.29, 0.717) is 29.2 Å². The number of hydrogen-bond donors (Lipinski definition) is 2. The summed E-state index contributed by atoms with van der Waals surface area (Å²) >= 11 is 6.43. The van der Waals surface area contributed by atoms with E-state index >= 15 is 0 Å². The van der Waals surface area contributed by atoms with Crippen molar-refractivity contribution in [3.05, 3.63) is 45.6 Å². The number of aromatic nitrogens is 3. The quantitative estimate of drug-likeness (QED) is 0.549. The molecule has 0 aliphatic heterocycles. The number of carbonyl (C=O) groups is 1. The fourth-order valence-corrected chi connectivity index (χ4v) is 4.94. The molecule has 2 aromatic rings. The molecule has 8 nitrogen and oxygen atoms in total. The molecular weight excluding hydrogens is 466 g/mol. The fourth-order valence-electron chi connectivity index (χ4n) is 4.74. The number of pyridine rings is 1. The minimum atomic E-state index is -0.496. The highest BCUT2D eigenvalue weighted by Gasteiger charge is 2.43. The molecule has 192 valence electrons. The van der Waals surface area contributed by atoms with Gasteiger partial charge in [0.15, 0.2) is 0 Å². The van der Waals surface area contributed by atoms with Crippen LogP contribution in [0, 0.1) is 23.2 Å². The summed E-state index contributed by atoms with van der Waals surface area (Å²) in [6, 6.07) is 1.97. The number of nitrogens with zero attached hydrogens (tertiary/aromatic N) is 3. The monoisotopic (exact) mass is 503 g/mol. The van der Waals surface area contributed by atoms with Crippen LogP contribution in [0.5, 0.6) is 5.75 Å². The van der Waals surface area contributed by atoms with Crippen LogP contribution in [-0.4, -0.2) is 32.8 Å². The summed E-state index contributed by atoms with van der Waals surface area (Å²) in [6.45, 7) is 15.3. The molecule has 2 heterocycles. The van der Waals surface area contributed by atoms with Crippen LogP contribution in [0.3, 0.4) is 0 Å². The molecule has 2 aromatic heterocycles. The maximum absolute atomic E-state index is 12.8. The number of ether oxygens (including phenoxy) is 1. The predicted octanol–water partition coefficient (Wildman–Crippen LogP) is 4.51. The van der Waals surface area contributed by atoms with Crippen LogP contribution in [0.2, 0.25) is 5.02 Å². The van der Waals surface area contributed by atoms with Crippen LogP contribution in [-0.2, 0) is 17.9 Å². The van der Waals surface area contributed by atoms with E-state index in [4.69, 9.17) is 16.3 Å². The summed E-state index contributed by atoms with van der Waals surface area (Å²) in [5, 5.41) is 10.5. The molecule has 35 heavy (non-hydrogen) atoms. The lowest BCUT2D eigenvalue weighted by Gasteiger charge is -2.50. The summed E-state index contributed by atoms with van der Waals surface area (Å²) in [5.74, 6) is 1.69. The van der Waals surface area contributed by atoms with Gasteiger partial charge >= 0.3 is 0 Å². The van der Waals surface area contributed by atoms with E-state index < -0.39 is 5.56 Å². The van der Waals surface area contributed by atoms with Gasteiger partial charge in [-0.1, -0.05) is 46.2 Å². The molecule has 2 N–H and O–H groups in total. The average molecular weight is 504 g/mol. The smallest absolute Gasteiger partial charge is 0.288 e. The Balaban J connectivity index is 1.65. The molecule has 1 amide bonds. The van der Waals surface area contributed by atoms with Gasteiger partial charge in [-0.15, -0.1) is 0 Å². The number of nitrogens with one attached hydrogen (secondary N) is 2. The Morgan fingerprint density at radius 3 is 2.69 bits per heavy atom. The lowest BCUT2D eigenvalue weighted by molar-refractivity contribution is -0.122. The molecule has 1 aliphatic rings. The Morgan fingerprint density at radius 2 is 2.00 bits per heavy atom. The van der Waals surface area contributed by atoms with Gasteiger partial charge < -0.3 is 15.4 Å². The summed E-state index contributed by atoms with van der Waals surface area (Å²) in [5.41, 5.74) is 1.06. The van der Waals surface area contributed by atoms with Crippen molar-refractivity contribution in [1.29, 1.82) is 0 Å². The van der Waals surface area contributed by atoms with Gasteiger partial charge in [0, 0.05) is 24.3 Å². The lowest BCUT2D eigenvalue weighted by Crippen LogP contribution is -2.48. The SMILES string of the molecule is CC(C)Oc1cnccc1CNC(=O)Cn1ncc(N[C@@H]2C[C@H](C)C(C)(C)[C@H](C)[C@H]2C)c(Cl)c1=O. The van der Waals surface area contributed by atoms with Crippen molar-refractivity contribution in [2.45, 2.75) is 80.1 Å². The number of rotatable bonds is 8. The number of hydrogen-bond acceptors (Lipinski definition) is 6. The van der Waals surface area contributed by atoms with Gasteiger partial charge in [0.2, 0.25) is 5.91 Å². The van der Waals surface area contributed by atoms with E-state index in [0.717, 1.165) is 16.7 Å². The van der Waals surface area contributed by atoms with Gasteiger partial charge in [-0.05, 0) is 49.5 Å². The third-order valence-corrected chi connectivity index (χ3v) is 8.17. The number of anilines is 1. The van der Waals surface area contributed by atoms with Gasteiger partial charge in [-0.3, -0.25) is 14.6 Å². The highest BCUT2D eigenvalue weighted by molar-refractivity contribution is 6.32. The zero-order chi connectivity index (χ0) is 25.9. The highest BCUT2D eigenvalue weighted by Crippen LogP contribution is 2.48. The van der Waals surface area contributed by atoms with Gasteiger partial charge in [-0.25, -0.2) is 4.68 Å². The second kappa shape index (κ2) is 11.0. The van der Waals surface area contributed by atoms with E-state index in [9.17, 15) is 9.59 Å². The van der Waals surface area contributed by atoms with Crippen molar-refractivity contribution in [3.8, 4) is 5.75 Å². The van der Waals surface area contributed by atoms with Crippen LogP contribution >= 0.6 is 11.6 Å². The van der Waals surface area contributed by atoms with Gasteiger partial charge in [0.05, 0.1) is 24.2 Å². The first kappa shape index (κ1) is 27.0. The van der Waals surface area contributed by atoms with E-state index in [1.165, 1.54) is 6.20 Å². The standard InChI is InChI=1S/C26H38ClN5O3/c1-15(2)35-22-13-28-9-8-19(22)11-29-23(33)14-32-25(34)24(27)21(12-30-32)31-20-10-16(3)26(6,7)18(5)17(20)4/h8-9,12-13,15-18,20,31H,10-11,14H2,1-7H3,(H,29,33)/t16-,17+,18+,20+/m0/s1. The normalized spacial score (nSPS) is 23.7. The first-order valence-electron chi connectivity index (χ1n) is 12.3. The van der Waals surface area contributed by atoms with E-state index in [1.54, 1.807) is 18.5 Å². The second-order valence-corrected chi connectivity index (χ2v) is 11.0. The van der Waals surface area contributed by atoms with Crippen LogP contribution in [0.15, 0.2) is 29.5 Å². The molecule has 1 saturated carbocycles. The highest BCUT2D eigenvalue weighted by atomic mass is 35.5. The van der Waals surface area contributed by atoms with Crippen LogP contribution in [0.1, 0.15) is 60.5 Å². The number of halogens is 1. The van der Waals surface area contributed by atoms with Crippen LogP contribution in [0.4, 0.5) is 5.69 Å². The maximum atomic E-state index is 12.8. The average Bonchev–Trinajstić information content (AvgIpc) is 2.80. The molecule has 0 aromatic carbocycles. The van der Waals surface area contributed by atoms with Crippen molar-refractivity contribution in [2.75, 3.05) is 5.32 Å². The summed E-state index contributed by atoms with van der Waals surface area (Å²) in [6.07, 6.45) is 5.77. The topological polar surface area (TPSA) is 98.1 Å². The van der Waals surface area contributed by atoms with E-state index in [2.05, 4.69) is 55.3 Å². The van der Waals surface area contributed by atoms with Gasteiger partial charge in [0.25, 0.3) is 5.56 Å². The maximum Gasteiger partial charge on any atom is 0.288 e. The summed E-state index contributed by atoms with van der Waals surface area (Å²) in [7, 11) is 0. The molecule has 9 heteroatoms. The Morgan fingerprint density at radius 1 is 1.29 bits per heavy atom. The van der Waals surface area contributed by atoms with Gasteiger partial charge in [-0.2, -0.15) is 5.10 Å². The van der Waals surface area contributed by atoms with Crippen molar-refractivity contribution in [2.24, 2.45) is 23.2 Å². The second-order valence-electron chi connectivity index (χ2n) is 10.6. The van der Waals surface area contributed by atoms with Crippen molar-refractivity contribution < 1.29 is 9.53 Å². The Kier molecular flexibility index (Phi) is 8.46. The molecule has 1 fully saturated rings. The summed E-state index contributed by atoms with van der Waals surface area (Å²) < 4.78 is 6.82. The summed E-state index contributed by atoms with van der Waals surface area (Å²) in [4.78, 5) is 29.5. The Bertz CT molecular complexity index is 1100. The van der Waals surface area contributed by atoms with Crippen LogP contribution in [0.25, 0.3) is 0 Å². The fraction of sp³-hybridized carbons (Fsp3) is 0.615.